The quantitative estimate of drug-likeness (QED) is 0.273. The van der Waals surface area contributed by atoms with Crippen LogP contribution < -0.4 is 10.6 Å². The third-order valence-electron chi connectivity index (χ3n) is 4.30. The molecular weight excluding hydrogens is 436 g/mol. The van der Waals surface area contributed by atoms with Gasteiger partial charge in [-0.05, 0) is 32.3 Å². The molecule has 1 aromatic rings. The van der Waals surface area contributed by atoms with Crippen molar-refractivity contribution in [3.05, 3.63) is 35.9 Å². The van der Waals surface area contributed by atoms with Crippen LogP contribution in [0.2, 0.25) is 0 Å². The van der Waals surface area contributed by atoms with E-state index >= 15 is 0 Å². The predicted octanol–water partition coefficient (Wildman–Crippen LogP) is 1.54. The lowest BCUT2D eigenvalue weighted by Gasteiger charge is -2.22. The Hall–Kier alpha value is -3.63. The third-order valence-corrected chi connectivity index (χ3v) is 4.30. The van der Waals surface area contributed by atoms with E-state index in [9.17, 15) is 24.0 Å². The fourth-order valence-electron chi connectivity index (χ4n) is 2.70. The molecule has 0 saturated carbocycles. The summed E-state index contributed by atoms with van der Waals surface area (Å²) in [5.74, 6) is -3.30. The predicted molar refractivity (Wildman–Crippen MR) is 115 cm³/mol. The summed E-state index contributed by atoms with van der Waals surface area (Å²) in [5.41, 5.74) is 0.723. The van der Waals surface area contributed by atoms with Crippen LogP contribution in [-0.2, 0) is 40.0 Å². The van der Waals surface area contributed by atoms with Crippen molar-refractivity contribution in [3.8, 4) is 0 Å². The average Bonchev–Trinajstić information content (AvgIpc) is 2.78. The van der Waals surface area contributed by atoms with Crippen LogP contribution in [0.25, 0.3) is 0 Å². The van der Waals surface area contributed by atoms with Gasteiger partial charge in [-0.1, -0.05) is 30.3 Å². The molecule has 0 spiro atoms. The Balaban J connectivity index is 2.80. The van der Waals surface area contributed by atoms with Crippen LogP contribution in [0.4, 0.5) is 4.79 Å². The summed E-state index contributed by atoms with van der Waals surface area (Å²) in [5, 5.41) is 13.7. The SMILES string of the molecule is CCOC(=O)CC[C@@H](NC(=O)[C@H](CCC(=O)O)NC(=O)OCc1ccccc1)C(=O)OCC. The zero-order valence-electron chi connectivity index (χ0n) is 18.7. The van der Waals surface area contributed by atoms with E-state index in [0.29, 0.717) is 0 Å². The highest BCUT2D eigenvalue weighted by atomic mass is 16.5. The maximum Gasteiger partial charge on any atom is 0.408 e. The van der Waals surface area contributed by atoms with E-state index in [4.69, 9.17) is 19.3 Å². The number of rotatable bonds is 14. The van der Waals surface area contributed by atoms with Gasteiger partial charge in [0.05, 0.1) is 13.2 Å². The molecule has 1 rings (SSSR count). The molecule has 0 aromatic heterocycles. The molecule has 2 amide bonds. The van der Waals surface area contributed by atoms with Crippen molar-refractivity contribution in [2.75, 3.05) is 13.2 Å². The zero-order chi connectivity index (χ0) is 24.6. The van der Waals surface area contributed by atoms with E-state index in [-0.39, 0.29) is 39.1 Å². The number of carboxylic acid groups (broad SMARTS) is 1. The number of ether oxygens (including phenoxy) is 3. The van der Waals surface area contributed by atoms with Crippen LogP contribution in [0.15, 0.2) is 30.3 Å². The summed E-state index contributed by atoms with van der Waals surface area (Å²) in [6.07, 6.45) is -1.82. The molecule has 0 aliphatic rings. The van der Waals surface area contributed by atoms with E-state index < -0.39 is 48.4 Å². The highest BCUT2D eigenvalue weighted by Crippen LogP contribution is 2.07. The smallest absolute Gasteiger partial charge is 0.408 e. The van der Waals surface area contributed by atoms with Crippen LogP contribution >= 0.6 is 0 Å². The van der Waals surface area contributed by atoms with Gasteiger partial charge in [-0.3, -0.25) is 14.4 Å². The topological polar surface area (TPSA) is 157 Å². The van der Waals surface area contributed by atoms with Crippen LogP contribution in [0.3, 0.4) is 0 Å². The Kier molecular flexibility index (Phi) is 12.6. The van der Waals surface area contributed by atoms with Gasteiger partial charge in [-0.25, -0.2) is 9.59 Å². The van der Waals surface area contributed by atoms with E-state index in [2.05, 4.69) is 10.6 Å². The maximum atomic E-state index is 12.8. The van der Waals surface area contributed by atoms with Crippen molar-refractivity contribution in [3.63, 3.8) is 0 Å². The Morgan fingerprint density at radius 2 is 1.48 bits per heavy atom. The van der Waals surface area contributed by atoms with Crippen LogP contribution in [0.5, 0.6) is 0 Å². The first-order chi connectivity index (χ1) is 15.8. The lowest BCUT2D eigenvalue weighted by Crippen LogP contribution is -2.52. The Morgan fingerprint density at radius 1 is 0.848 bits per heavy atom. The molecule has 0 bridgehead atoms. The summed E-state index contributed by atoms with van der Waals surface area (Å²) in [4.78, 5) is 59.8. The Morgan fingerprint density at radius 3 is 2.09 bits per heavy atom. The fraction of sp³-hybridized carbons (Fsp3) is 0.500. The van der Waals surface area contributed by atoms with Crippen molar-refractivity contribution in [1.29, 1.82) is 0 Å². The van der Waals surface area contributed by atoms with Gasteiger partial charge in [0.1, 0.15) is 18.7 Å². The van der Waals surface area contributed by atoms with Gasteiger partial charge in [-0.2, -0.15) is 0 Å². The first-order valence-electron chi connectivity index (χ1n) is 10.6. The number of alkyl carbamates (subject to hydrolysis) is 1. The number of amides is 2. The van der Waals surface area contributed by atoms with Crippen LogP contribution in [-0.4, -0.2) is 60.3 Å². The minimum atomic E-state index is -1.29. The first kappa shape index (κ1) is 27.4. The molecule has 3 N–H and O–H groups in total. The van der Waals surface area contributed by atoms with Gasteiger partial charge >= 0.3 is 24.0 Å². The molecule has 0 heterocycles. The van der Waals surface area contributed by atoms with E-state index in [1.807, 2.05) is 0 Å². The second kappa shape index (κ2) is 15.2. The fourth-order valence-corrected chi connectivity index (χ4v) is 2.70. The van der Waals surface area contributed by atoms with Crippen LogP contribution in [0.1, 0.15) is 45.1 Å². The van der Waals surface area contributed by atoms with Crippen molar-refractivity contribution in [2.45, 2.75) is 58.2 Å². The van der Waals surface area contributed by atoms with E-state index in [0.717, 1.165) is 5.56 Å². The maximum absolute atomic E-state index is 12.8. The summed E-state index contributed by atoms with van der Waals surface area (Å²) >= 11 is 0. The molecule has 0 fully saturated rings. The molecule has 11 heteroatoms. The molecule has 2 atom stereocenters. The number of benzene rings is 1. The normalized spacial score (nSPS) is 12.1. The van der Waals surface area contributed by atoms with Gasteiger partial charge in [0.15, 0.2) is 0 Å². The minimum absolute atomic E-state index is 0.0507. The van der Waals surface area contributed by atoms with Crippen molar-refractivity contribution >= 4 is 29.9 Å². The highest BCUT2D eigenvalue weighted by Gasteiger charge is 2.29. The number of carbonyl (C=O) groups is 5. The molecular formula is C22H30N2O9. The molecule has 33 heavy (non-hydrogen) atoms. The van der Waals surface area contributed by atoms with Gasteiger partial charge in [0, 0.05) is 12.8 Å². The number of nitrogens with one attached hydrogen (secondary N) is 2. The van der Waals surface area contributed by atoms with Crippen LogP contribution in [0, 0.1) is 0 Å². The molecule has 0 aliphatic heterocycles. The van der Waals surface area contributed by atoms with E-state index in [1.54, 1.807) is 44.2 Å². The zero-order valence-corrected chi connectivity index (χ0v) is 18.7. The second-order valence-electron chi connectivity index (χ2n) is 6.85. The van der Waals surface area contributed by atoms with Crippen molar-refractivity contribution in [2.24, 2.45) is 0 Å². The van der Waals surface area contributed by atoms with E-state index in [1.165, 1.54) is 0 Å². The summed E-state index contributed by atoms with van der Waals surface area (Å²) in [6.45, 7) is 3.39. The molecule has 11 nitrogen and oxygen atoms in total. The van der Waals surface area contributed by atoms with Crippen molar-refractivity contribution < 1.29 is 43.3 Å². The molecule has 1 aromatic carbocycles. The van der Waals surface area contributed by atoms with Gasteiger partial charge in [-0.15, -0.1) is 0 Å². The second-order valence-corrected chi connectivity index (χ2v) is 6.85. The lowest BCUT2D eigenvalue weighted by atomic mass is 10.1. The largest absolute Gasteiger partial charge is 0.481 e. The number of hydrogen-bond acceptors (Lipinski definition) is 8. The number of carbonyl (C=O) groups excluding carboxylic acids is 4. The average molecular weight is 466 g/mol. The van der Waals surface area contributed by atoms with Gasteiger partial charge in [0.2, 0.25) is 5.91 Å². The lowest BCUT2D eigenvalue weighted by molar-refractivity contribution is -0.149. The monoisotopic (exact) mass is 466 g/mol. The standard InChI is InChI=1S/C22H30N2O9/c1-3-31-19(27)13-11-17(21(29)32-4-2)23-20(28)16(10-12-18(25)26)24-22(30)33-14-15-8-6-5-7-9-15/h5-9,16-17H,3-4,10-14H2,1-2H3,(H,23,28)(H,24,30)(H,25,26)/t16-,17+/m0/s1. The number of esters is 2. The molecule has 0 saturated heterocycles. The summed E-state index contributed by atoms with van der Waals surface area (Å²) < 4.78 is 14.8. The molecule has 0 radical (unpaired) electrons. The minimum Gasteiger partial charge on any atom is -0.481 e. The summed E-state index contributed by atoms with van der Waals surface area (Å²) in [6, 6.07) is 6.36. The number of aliphatic carboxylic acids is 1. The Bertz CT molecular complexity index is 798. The number of carboxylic acids is 1. The number of hydrogen-bond donors (Lipinski definition) is 3. The molecule has 0 aliphatic carbocycles. The summed E-state index contributed by atoms with van der Waals surface area (Å²) in [7, 11) is 0. The molecule has 0 unspecified atom stereocenters. The van der Waals surface area contributed by atoms with Gasteiger partial charge in [0.25, 0.3) is 0 Å². The third kappa shape index (κ3) is 11.5. The molecule has 182 valence electrons. The van der Waals surface area contributed by atoms with Crippen molar-refractivity contribution in [1.82, 2.24) is 10.6 Å². The Labute approximate surface area is 191 Å². The highest BCUT2D eigenvalue weighted by molar-refractivity contribution is 5.90. The first-order valence-corrected chi connectivity index (χ1v) is 10.6. The van der Waals surface area contributed by atoms with Gasteiger partial charge < -0.3 is 30.0 Å².